The van der Waals surface area contributed by atoms with Gasteiger partial charge in [0, 0.05) is 23.6 Å². The summed E-state index contributed by atoms with van der Waals surface area (Å²) in [7, 11) is 1.63. The second-order valence-electron chi connectivity index (χ2n) is 5.48. The minimum atomic E-state index is -0.302. The Labute approximate surface area is 123 Å². The highest BCUT2D eigenvalue weighted by atomic mass is 79.9. The summed E-state index contributed by atoms with van der Waals surface area (Å²) in [6.07, 6.45) is 0.873. The van der Waals surface area contributed by atoms with Gasteiger partial charge in [-0.3, -0.25) is 0 Å². The predicted octanol–water partition coefficient (Wildman–Crippen LogP) is 3.69. The third-order valence-electron chi connectivity index (χ3n) is 3.80. The molecule has 2 rings (SSSR count). The molecule has 1 aliphatic heterocycles. The predicted molar refractivity (Wildman–Crippen MR) is 78.9 cm³/mol. The van der Waals surface area contributed by atoms with Crippen LogP contribution in [0.15, 0.2) is 4.47 Å². The van der Waals surface area contributed by atoms with Crippen LogP contribution in [-0.2, 0) is 15.9 Å². The first kappa shape index (κ1) is 14.8. The van der Waals surface area contributed by atoms with Gasteiger partial charge in [0.15, 0.2) is 0 Å². The maximum absolute atomic E-state index is 6.19. The number of benzene rings is 1. The van der Waals surface area contributed by atoms with Crippen LogP contribution in [0.1, 0.15) is 29.2 Å². The third-order valence-corrected chi connectivity index (χ3v) is 4.99. The summed E-state index contributed by atoms with van der Waals surface area (Å²) in [6.45, 7) is 9.29. The van der Waals surface area contributed by atoms with Gasteiger partial charge in [0.2, 0.25) is 0 Å². The van der Waals surface area contributed by atoms with Crippen molar-refractivity contribution in [3.05, 3.63) is 26.7 Å². The van der Waals surface area contributed by atoms with Gasteiger partial charge in [-0.05, 0) is 44.4 Å². The fourth-order valence-corrected chi connectivity index (χ4v) is 3.11. The van der Waals surface area contributed by atoms with Crippen LogP contribution in [0.5, 0.6) is 5.75 Å². The molecule has 0 saturated heterocycles. The van der Waals surface area contributed by atoms with Crippen LogP contribution in [0.25, 0.3) is 0 Å². The third kappa shape index (κ3) is 2.67. The molecule has 3 nitrogen and oxygen atoms in total. The van der Waals surface area contributed by atoms with Gasteiger partial charge in [-0.1, -0.05) is 15.9 Å². The Hall–Kier alpha value is -0.580. The van der Waals surface area contributed by atoms with Crippen molar-refractivity contribution in [2.24, 2.45) is 0 Å². The Morgan fingerprint density at radius 1 is 1.21 bits per heavy atom. The summed E-state index contributed by atoms with van der Waals surface area (Å²) in [5, 5.41) is 0. The lowest BCUT2D eigenvalue weighted by molar-refractivity contribution is -0.0792. The first-order valence-electron chi connectivity index (χ1n) is 6.43. The fourth-order valence-electron chi connectivity index (χ4n) is 2.57. The van der Waals surface area contributed by atoms with Crippen LogP contribution in [0.2, 0.25) is 0 Å². The summed E-state index contributed by atoms with van der Waals surface area (Å²) < 4.78 is 17.8. The van der Waals surface area contributed by atoms with Gasteiger partial charge in [-0.2, -0.15) is 0 Å². The average Bonchev–Trinajstić information content (AvgIpc) is 2.73. The normalized spacial score (nSPS) is 21.4. The van der Waals surface area contributed by atoms with Gasteiger partial charge >= 0.3 is 0 Å². The van der Waals surface area contributed by atoms with Gasteiger partial charge in [-0.15, -0.1) is 0 Å². The molecule has 1 aliphatic rings. The van der Waals surface area contributed by atoms with Crippen molar-refractivity contribution in [2.45, 2.75) is 39.7 Å². The molecule has 1 unspecified atom stereocenters. The van der Waals surface area contributed by atoms with Crippen molar-refractivity contribution < 1.29 is 14.2 Å². The number of ether oxygens (including phenoxy) is 3. The SMILES string of the molecule is COCOCC1(C)Cc2c(C)c(Br)c(C)c(C)c2O1. The zero-order valence-corrected chi connectivity index (χ0v) is 13.8. The first-order valence-corrected chi connectivity index (χ1v) is 7.23. The maximum Gasteiger partial charge on any atom is 0.146 e. The number of hydrogen-bond donors (Lipinski definition) is 0. The molecule has 1 aromatic carbocycles. The minimum absolute atomic E-state index is 0.302. The van der Waals surface area contributed by atoms with E-state index in [0.29, 0.717) is 13.4 Å². The molecule has 0 spiro atoms. The average molecular weight is 329 g/mol. The molecule has 0 aromatic heterocycles. The van der Waals surface area contributed by atoms with Gasteiger partial charge in [-0.25, -0.2) is 0 Å². The summed E-state index contributed by atoms with van der Waals surface area (Å²) in [5.41, 5.74) is 4.72. The molecule has 19 heavy (non-hydrogen) atoms. The lowest BCUT2D eigenvalue weighted by Gasteiger charge is -2.24. The second kappa shape index (κ2) is 5.43. The molecule has 1 atom stereocenters. The number of rotatable bonds is 4. The van der Waals surface area contributed by atoms with Crippen LogP contribution in [-0.4, -0.2) is 26.1 Å². The van der Waals surface area contributed by atoms with Crippen molar-refractivity contribution in [1.29, 1.82) is 0 Å². The second-order valence-corrected chi connectivity index (χ2v) is 6.27. The lowest BCUT2D eigenvalue weighted by Crippen LogP contribution is -2.36. The van der Waals surface area contributed by atoms with Crippen LogP contribution >= 0.6 is 15.9 Å². The maximum atomic E-state index is 6.19. The highest BCUT2D eigenvalue weighted by Gasteiger charge is 2.38. The van der Waals surface area contributed by atoms with Crippen LogP contribution in [0.4, 0.5) is 0 Å². The standard InChI is InChI=1S/C15H21BrO3/c1-9-10(2)14-12(11(3)13(9)16)6-15(4,19-14)7-18-8-17-5/h6-8H2,1-5H3. The number of hydrogen-bond acceptors (Lipinski definition) is 3. The van der Waals surface area contributed by atoms with Crippen molar-refractivity contribution in [3.8, 4) is 5.75 Å². The van der Waals surface area contributed by atoms with Crippen molar-refractivity contribution in [3.63, 3.8) is 0 Å². The number of methoxy groups -OCH3 is 1. The van der Waals surface area contributed by atoms with E-state index in [2.05, 4.69) is 43.6 Å². The molecule has 0 N–H and O–H groups in total. The van der Waals surface area contributed by atoms with Crippen LogP contribution in [0, 0.1) is 20.8 Å². The molecule has 0 radical (unpaired) electrons. The number of halogens is 1. The van der Waals surface area contributed by atoms with Crippen LogP contribution < -0.4 is 4.74 Å². The Balaban J connectivity index is 2.29. The summed E-state index contributed by atoms with van der Waals surface area (Å²) in [5.74, 6) is 1.03. The van der Waals surface area contributed by atoms with E-state index in [0.717, 1.165) is 12.2 Å². The Bertz CT molecular complexity index is 460. The van der Waals surface area contributed by atoms with E-state index >= 15 is 0 Å². The Kier molecular flexibility index (Phi) is 4.23. The van der Waals surface area contributed by atoms with Gasteiger partial charge in [0.25, 0.3) is 0 Å². The topological polar surface area (TPSA) is 27.7 Å². The van der Waals surface area contributed by atoms with E-state index in [1.54, 1.807) is 7.11 Å². The quantitative estimate of drug-likeness (QED) is 0.623. The van der Waals surface area contributed by atoms with E-state index < -0.39 is 0 Å². The number of fused-ring (bicyclic) bond motifs is 1. The van der Waals surface area contributed by atoms with E-state index in [1.165, 1.54) is 26.7 Å². The van der Waals surface area contributed by atoms with E-state index in [9.17, 15) is 0 Å². The minimum Gasteiger partial charge on any atom is -0.484 e. The molecule has 0 aliphatic carbocycles. The van der Waals surface area contributed by atoms with Gasteiger partial charge in [0.05, 0.1) is 6.61 Å². The summed E-state index contributed by atoms with van der Waals surface area (Å²) in [4.78, 5) is 0. The monoisotopic (exact) mass is 328 g/mol. The molecule has 4 heteroatoms. The molecule has 0 amide bonds. The Morgan fingerprint density at radius 2 is 1.89 bits per heavy atom. The van der Waals surface area contributed by atoms with E-state index in [1.807, 2.05) is 0 Å². The van der Waals surface area contributed by atoms with E-state index in [4.69, 9.17) is 14.2 Å². The summed E-state index contributed by atoms with van der Waals surface area (Å²) >= 11 is 3.68. The zero-order valence-electron chi connectivity index (χ0n) is 12.2. The largest absolute Gasteiger partial charge is 0.484 e. The van der Waals surface area contributed by atoms with Crippen molar-refractivity contribution >= 4 is 15.9 Å². The molecule has 1 aromatic rings. The van der Waals surface area contributed by atoms with Crippen LogP contribution in [0.3, 0.4) is 0 Å². The summed E-state index contributed by atoms with van der Waals surface area (Å²) in [6, 6.07) is 0. The highest BCUT2D eigenvalue weighted by molar-refractivity contribution is 9.10. The van der Waals surface area contributed by atoms with E-state index in [-0.39, 0.29) is 5.60 Å². The van der Waals surface area contributed by atoms with Crippen molar-refractivity contribution in [2.75, 3.05) is 20.5 Å². The van der Waals surface area contributed by atoms with Crippen molar-refractivity contribution in [1.82, 2.24) is 0 Å². The van der Waals surface area contributed by atoms with Gasteiger partial charge < -0.3 is 14.2 Å². The first-order chi connectivity index (χ1) is 8.89. The molecular weight excluding hydrogens is 308 g/mol. The fraction of sp³-hybridized carbons (Fsp3) is 0.600. The molecule has 106 valence electrons. The Morgan fingerprint density at radius 3 is 2.53 bits per heavy atom. The lowest BCUT2D eigenvalue weighted by atomic mass is 9.94. The highest BCUT2D eigenvalue weighted by Crippen LogP contribution is 2.44. The molecule has 0 saturated carbocycles. The van der Waals surface area contributed by atoms with Gasteiger partial charge in [0.1, 0.15) is 18.1 Å². The zero-order chi connectivity index (χ0) is 14.2. The molecular formula is C15H21BrO3. The molecule has 0 bridgehead atoms. The smallest absolute Gasteiger partial charge is 0.146 e. The molecule has 1 heterocycles. The molecule has 0 fully saturated rings.